The Morgan fingerprint density at radius 3 is 2.48 bits per heavy atom. The number of anilines is 1. The zero-order valence-electron chi connectivity index (χ0n) is 13.5. The topological polar surface area (TPSA) is 84.3 Å². The van der Waals surface area contributed by atoms with Crippen molar-refractivity contribution in [3.05, 3.63) is 68.7 Å². The molecular formula is C18H18BrN3O3. The number of nitro benzene ring substituents is 1. The van der Waals surface area contributed by atoms with Gasteiger partial charge in [-0.15, -0.1) is 0 Å². The third kappa shape index (κ3) is 4.17. The summed E-state index contributed by atoms with van der Waals surface area (Å²) >= 11 is 3.41. The predicted molar refractivity (Wildman–Crippen MR) is 99.4 cm³/mol. The molecule has 0 radical (unpaired) electrons. The molecule has 0 spiro atoms. The molecule has 1 fully saturated rings. The van der Waals surface area contributed by atoms with Gasteiger partial charge in [-0.3, -0.25) is 14.9 Å². The molecule has 0 aromatic heterocycles. The average molecular weight is 404 g/mol. The van der Waals surface area contributed by atoms with Crippen LogP contribution in [0.1, 0.15) is 24.8 Å². The predicted octanol–water partition coefficient (Wildman–Crippen LogP) is 3.96. The molecule has 0 saturated heterocycles. The molecule has 0 aliphatic heterocycles. The van der Waals surface area contributed by atoms with Gasteiger partial charge in [-0.1, -0.05) is 40.2 Å². The number of nitrogens with zero attached hydrogens (tertiary/aromatic N) is 1. The fraction of sp³-hybridized carbons (Fsp3) is 0.278. The van der Waals surface area contributed by atoms with Crippen molar-refractivity contribution < 1.29 is 9.72 Å². The van der Waals surface area contributed by atoms with Gasteiger partial charge >= 0.3 is 0 Å². The molecule has 1 amide bonds. The van der Waals surface area contributed by atoms with Gasteiger partial charge in [-0.2, -0.15) is 0 Å². The fourth-order valence-electron chi connectivity index (χ4n) is 2.80. The first kappa shape index (κ1) is 17.4. The second-order valence-electron chi connectivity index (χ2n) is 6.09. The van der Waals surface area contributed by atoms with Crippen LogP contribution in [0.4, 0.5) is 11.4 Å². The Kier molecular flexibility index (Phi) is 5.03. The highest BCUT2D eigenvalue weighted by Gasteiger charge is 2.45. The number of carbonyl (C=O) groups is 1. The molecule has 0 atom stereocenters. The molecule has 0 heterocycles. The van der Waals surface area contributed by atoms with E-state index in [0.29, 0.717) is 12.2 Å². The standard InChI is InChI=1S/C18H18BrN3O3/c19-14-7-5-13(6-8-14)18(10-11-18)21-17(23)9-12-20-15-3-1-2-4-16(15)22(24)25/h1-8,20H,9-12H2,(H,21,23). The Morgan fingerprint density at radius 2 is 1.84 bits per heavy atom. The van der Waals surface area contributed by atoms with E-state index >= 15 is 0 Å². The molecule has 2 N–H and O–H groups in total. The van der Waals surface area contributed by atoms with E-state index in [1.807, 2.05) is 24.3 Å². The monoisotopic (exact) mass is 403 g/mol. The maximum Gasteiger partial charge on any atom is 0.292 e. The summed E-state index contributed by atoms with van der Waals surface area (Å²) in [7, 11) is 0. The Bertz CT molecular complexity index is 788. The number of para-hydroxylation sites is 2. The number of hydrogen-bond donors (Lipinski definition) is 2. The number of benzene rings is 2. The lowest BCUT2D eigenvalue weighted by atomic mass is 10.0. The van der Waals surface area contributed by atoms with E-state index in [9.17, 15) is 14.9 Å². The smallest absolute Gasteiger partial charge is 0.292 e. The molecule has 1 aliphatic carbocycles. The summed E-state index contributed by atoms with van der Waals surface area (Å²) in [5.41, 5.74) is 1.29. The van der Waals surface area contributed by atoms with Crippen molar-refractivity contribution in [3.8, 4) is 0 Å². The number of amides is 1. The minimum absolute atomic E-state index is 0.0106. The highest BCUT2D eigenvalue weighted by molar-refractivity contribution is 9.10. The molecule has 7 heteroatoms. The van der Waals surface area contributed by atoms with E-state index in [0.717, 1.165) is 22.9 Å². The van der Waals surface area contributed by atoms with Gasteiger partial charge < -0.3 is 10.6 Å². The van der Waals surface area contributed by atoms with Crippen LogP contribution in [0.3, 0.4) is 0 Å². The van der Waals surface area contributed by atoms with Crippen LogP contribution in [0.25, 0.3) is 0 Å². The molecule has 1 saturated carbocycles. The average Bonchev–Trinajstić information content (AvgIpc) is 3.36. The van der Waals surface area contributed by atoms with Gasteiger partial charge in [0.05, 0.1) is 10.5 Å². The molecule has 1 aliphatic rings. The fourth-order valence-corrected chi connectivity index (χ4v) is 3.07. The Labute approximate surface area is 153 Å². The van der Waals surface area contributed by atoms with Crippen molar-refractivity contribution in [1.82, 2.24) is 5.32 Å². The van der Waals surface area contributed by atoms with Crippen LogP contribution in [-0.2, 0) is 10.3 Å². The number of nitrogens with one attached hydrogen (secondary N) is 2. The van der Waals surface area contributed by atoms with Gasteiger partial charge in [-0.05, 0) is 36.6 Å². The van der Waals surface area contributed by atoms with E-state index in [1.165, 1.54) is 6.07 Å². The van der Waals surface area contributed by atoms with E-state index in [2.05, 4.69) is 26.6 Å². The highest BCUT2D eigenvalue weighted by atomic mass is 79.9. The third-order valence-corrected chi connectivity index (χ3v) is 4.82. The first-order valence-corrected chi connectivity index (χ1v) is 8.84. The lowest BCUT2D eigenvalue weighted by molar-refractivity contribution is -0.384. The van der Waals surface area contributed by atoms with Gasteiger partial charge in [0, 0.05) is 23.5 Å². The summed E-state index contributed by atoms with van der Waals surface area (Å²) in [6, 6.07) is 14.4. The highest BCUT2D eigenvalue weighted by Crippen LogP contribution is 2.45. The Hall–Kier alpha value is -2.41. The summed E-state index contributed by atoms with van der Waals surface area (Å²) in [6.45, 7) is 0.340. The van der Waals surface area contributed by atoms with Crippen molar-refractivity contribution in [2.45, 2.75) is 24.8 Å². The number of halogens is 1. The quantitative estimate of drug-likeness (QED) is 0.541. The summed E-state index contributed by atoms with van der Waals surface area (Å²) < 4.78 is 1.01. The lowest BCUT2D eigenvalue weighted by Gasteiger charge is -2.18. The van der Waals surface area contributed by atoms with Crippen molar-refractivity contribution in [3.63, 3.8) is 0 Å². The van der Waals surface area contributed by atoms with Gasteiger partial charge in [0.1, 0.15) is 5.69 Å². The molecular weight excluding hydrogens is 386 g/mol. The molecule has 3 rings (SSSR count). The minimum atomic E-state index is -0.435. The molecule has 130 valence electrons. The summed E-state index contributed by atoms with van der Waals surface area (Å²) in [6.07, 6.45) is 2.11. The van der Waals surface area contributed by atoms with Crippen molar-refractivity contribution >= 4 is 33.2 Å². The van der Waals surface area contributed by atoms with Crippen LogP contribution in [0.15, 0.2) is 53.0 Å². The summed E-state index contributed by atoms with van der Waals surface area (Å²) in [5, 5.41) is 17.0. The van der Waals surface area contributed by atoms with Crippen molar-refractivity contribution in [1.29, 1.82) is 0 Å². The van der Waals surface area contributed by atoms with Crippen LogP contribution >= 0.6 is 15.9 Å². The Morgan fingerprint density at radius 1 is 1.16 bits per heavy atom. The van der Waals surface area contributed by atoms with Gasteiger partial charge in [0.15, 0.2) is 0 Å². The van der Waals surface area contributed by atoms with E-state index < -0.39 is 4.92 Å². The second kappa shape index (κ2) is 7.23. The molecule has 0 bridgehead atoms. The van der Waals surface area contributed by atoms with E-state index in [4.69, 9.17) is 0 Å². The minimum Gasteiger partial charge on any atom is -0.379 e. The van der Waals surface area contributed by atoms with Crippen LogP contribution < -0.4 is 10.6 Å². The zero-order chi connectivity index (χ0) is 17.9. The van der Waals surface area contributed by atoms with Crippen LogP contribution in [0.5, 0.6) is 0 Å². The van der Waals surface area contributed by atoms with Crippen molar-refractivity contribution in [2.75, 3.05) is 11.9 Å². The second-order valence-corrected chi connectivity index (χ2v) is 7.00. The maximum atomic E-state index is 12.3. The summed E-state index contributed by atoms with van der Waals surface area (Å²) in [4.78, 5) is 22.8. The maximum absolute atomic E-state index is 12.3. The molecule has 2 aromatic carbocycles. The molecule has 2 aromatic rings. The van der Waals surface area contributed by atoms with Crippen LogP contribution in [-0.4, -0.2) is 17.4 Å². The number of hydrogen-bond acceptors (Lipinski definition) is 4. The van der Waals surface area contributed by atoms with Crippen LogP contribution in [0, 0.1) is 10.1 Å². The van der Waals surface area contributed by atoms with Crippen molar-refractivity contribution in [2.24, 2.45) is 0 Å². The normalized spacial score (nSPS) is 14.6. The molecule has 6 nitrogen and oxygen atoms in total. The molecule has 0 unspecified atom stereocenters. The lowest BCUT2D eigenvalue weighted by Crippen LogP contribution is -2.35. The summed E-state index contributed by atoms with van der Waals surface area (Å²) in [5.74, 6) is -0.0634. The van der Waals surface area contributed by atoms with Gasteiger partial charge in [-0.25, -0.2) is 0 Å². The zero-order valence-corrected chi connectivity index (χ0v) is 15.1. The number of rotatable bonds is 7. The van der Waals surface area contributed by atoms with E-state index in [-0.39, 0.29) is 23.6 Å². The van der Waals surface area contributed by atoms with Gasteiger partial charge in [0.25, 0.3) is 5.69 Å². The first-order chi connectivity index (χ1) is 12.0. The molecule has 25 heavy (non-hydrogen) atoms. The SMILES string of the molecule is O=C(CCNc1ccccc1[N+](=O)[O-])NC1(c2ccc(Br)cc2)CC1. The van der Waals surface area contributed by atoms with Gasteiger partial charge in [0.2, 0.25) is 5.91 Å². The Balaban J connectivity index is 1.54. The number of nitro groups is 1. The largest absolute Gasteiger partial charge is 0.379 e. The third-order valence-electron chi connectivity index (χ3n) is 4.29. The van der Waals surface area contributed by atoms with E-state index in [1.54, 1.807) is 18.2 Å². The first-order valence-electron chi connectivity index (χ1n) is 8.04. The number of carbonyl (C=O) groups excluding carboxylic acids is 1. The van der Waals surface area contributed by atoms with Crippen LogP contribution in [0.2, 0.25) is 0 Å².